The monoisotopic (exact) mass is 419 g/mol. The number of halogens is 1. The zero-order chi connectivity index (χ0) is 21.1. The Hall–Kier alpha value is -3.39. The standard InChI is InChI=1S/C22H18FN5OS/c1-13-7-15(10-26-20(13)16-5-6-25-14(2)8-16)3-4-19(29)22-28-27-21(30-22)17-9-18(23)12-24-11-17/h5-12H,3-4H2,1-2H3. The predicted octanol–water partition coefficient (Wildman–Crippen LogP) is 4.63. The van der Waals surface area contributed by atoms with E-state index in [0.717, 1.165) is 45.6 Å². The smallest absolute Gasteiger partial charge is 0.193 e. The molecule has 0 radical (unpaired) electrons. The maximum atomic E-state index is 13.3. The van der Waals surface area contributed by atoms with Crippen molar-refractivity contribution in [2.45, 2.75) is 26.7 Å². The van der Waals surface area contributed by atoms with E-state index in [4.69, 9.17) is 0 Å². The molecule has 0 aliphatic rings. The van der Waals surface area contributed by atoms with E-state index in [-0.39, 0.29) is 5.78 Å². The zero-order valence-electron chi connectivity index (χ0n) is 16.5. The summed E-state index contributed by atoms with van der Waals surface area (Å²) in [6, 6.07) is 7.31. The number of carbonyl (C=O) groups excluding carboxylic acids is 1. The first-order valence-corrected chi connectivity index (χ1v) is 10.2. The predicted molar refractivity (Wildman–Crippen MR) is 113 cm³/mol. The van der Waals surface area contributed by atoms with E-state index >= 15 is 0 Å². The number of carbonyl (C=O) groups is 1. The molecule has 0 aliphatic heterocycles. The third-order valence-electron chi connectivity index (χ3n) is 4.56. The molecule has 0 aliphatic carbocycles. The summed E-state index contributed by atoms with van der Waals surface area (Å²) in [5.41, 5.74) is 5.41. The SMILES string of the molecule is Cc1cc(-c2ncc(CCC(=O)c3nnc(-c4cncc(F)c4)s3)cc2C)ccn1. The van der Waals surface area contributed by atoms with Crippen LogP contribution in [0, 0.1) is 19.7 Å². The first kappa shape index (κ1) is 19.9. The molecule has 0 bridgehead atoms. The van der Waals surface area contributed by atoms with Gasteiger partial charge in [0.05, 0.1) is 11.9 Å². The van der Waals surface area contributed by atoms with Crippen LogP contribution in [0.2, 0.25) is 0 Å². The topological polar surface area (TPSA) is 81.5 Å². The van der Waals surface area contributed by atoms with Crippen LogP contribution in [0.5, 0.6) is 0 Å². The number of rotatable bonds is 6. The molecule has 0 unspecified atom stereocenters. The lowest BCUT2D eigenvalue weighted by molar-refractivity contribution is 0.0981. The Morgan fingerprint density at radius 1 is 1.03 bits per heavy atom. The molecule has 6 nitrogen and oxygen atoms in total. The van der Waals surface area contributed by atoms with Crippen molar-refractivity contribution in [3.05, 3.63) is 76.7 Å². The number of nitrogens with zero attached hydrogens (tertiary/aromatic N) is 5. The number of aromatic nitrogens is 5. The van der Waals surface area contributed by atoms with Crippen molar-refractivity contribution in [1.29, 1.82) is 0 Å². The third kappa shape index (κ3) is 4.44. The zero-order valence-corrected chi connectivity index (χ0v) is 17.3. The molecule has 0 atom stereocenters. The summed E-state index contributed by atoms with van der Waals surface area (Å²) in [5.74, 6) is -0.557. The van der Waals surface area contributed by atoms with Gasteiger partial charge < -0.3 is 0 Å². The Bertz CT molecular complexity index is 1220. The fourth-order valence-corrected chi connectivity index (χ4v) is 3.90. The summed E-state index contributed by atoms with van der Waals surface area (Å²) >= 11 is 1.14. The van der Waals surface area contributed by atoms with Crippen molar-refractivity contribution in [1.82, 2.24) is 25.1 Å². The normalized spacial score (nSPS) is 10.9. The van der Waals surface area contributed by atoms with Crippen molar-refractivity contribution in [3.63, 3.8) is 0 Å². The van der Waals surface area contributed by atoms with E-state index in [0.29, 0.717) is 28.4 Å². The molecule has 0 N–H and O–H groups in total. The number of hydrogen-bond acceptors (Lipinski definition) is 7. The molecule has 8 heteroatoms. The van der Waals surface area contributed by atoms with Gasteiger partial charge in [0.25, 0.3) is 0 Å². The van der Waals surface area contributed by atoms with Crippen molar-refractivity contribution >= 4 is 17.1 Å². The maximum absolute atomic E-state index is 13.3. The molecule has 4 rings (SSSR count). The lowest BCUT2D eigenvalue weighted by Gasteiger charge is -2.08. The Morgan fingerprint density at radius 2 is 1.90 bits per heavy atom. The molecule has 0 fully saturated rings. The van der Waals surface area contributed by atoms with Gasteiger partial charge in [-0.2, -0.15) is 0 Å². The molecule has 4 heterocycles. The summed E-state index contributed by atoms with van der Waals surface area (Å²) in [6.07, 6.45) is 7.04. The maximum Gasteiger partial charge on any atom is 0.193 e. The minimum Gasteiger partial charge on any atom is -0.291 e. The first-order valence-electron chi connectivity index (χ1n) is 9.36. The van der Waals surface area contributed by atoms with Crippen LogP contribution in [-0.4, -0.2) is 30.9 Å². The Labute approximate surface area is 176 Å². The van der Waals surface area contributed by atoms with Gasteiger partial charge in [-0.05, 0) is 49.6 Å². The summed E-state index contributed by atoms with van der Waals surface area (Å²) in [4.78, 5) is 25.1. The highest BCUT2D eigenvalue weighted by Gasteiger charge is 2.15. The Kier molecular flexibility index (Phi) is 5.67. The van der Waals surface area contributed by atoms with Crippen LogP contribution in [0.4, 0.5) is 4.39 Å². The summed E-state index contributed by atoms with van der Waals surface area (Å²) in [6.45, 7) is 3.95. The highest BCUT2D eigenvalue weighted by atomic mass is 32.1. The molecule has 4 aromatic rings. The lowest BCUT2D eigenvalue weighted by atomic mass is 10.0. The summed E-state index contributed by atoms with van der Waals surface area (Å²) in [7, 11) is 0. The first-order chi connectivity index (χ1) is 14.5. The van der Waals surface area contributed by atoms with Crippen LogP contribution in [0.25, 0.3) is 21.8 Å². The minimum atomic E-state index is -0.455. The van der Waals surface area contributed by atoms with Crippen LogP contribution in [0.1, 0.15) is 33.0 Å². The number of ketones is 1. The van der Waals surface area contributed by atoms with Crippen molar-refractivity contribution < 1.29 is 9.18 Å². The molecule has 0 saturated carbocycles. The molecule has 150 valence electrons. The molecular formula is C22H18FN5OS. The van der Waals surface area contributed by atoms with E-state index in [1.165, 1.54) is 12.3 Å². The molecule has 0 aromatic carbocycles. The van der Waals surface area contributed by atoms with Gasteiger partial charge in [0.1, 0.15) is 10.8 Å². The minimum absolute atomic E-state index is 0.102. The molecule has 0 saturated heterocycles. The van der Waals surface area contributed by atoms with E-state index in [1.54, 1.807) is 12.4 Å². The van der Waals surface area contributed by atoms with Gasteiger partial charge in [-0.25, -0.2) is 4.39 Å². The van der Waals surface area contributed by atoms with Crippen LogP contribution in [0.3, 0.4) is 0 Å². The van der Waals surface area contributed by atoms with Crippen LogP contribution >= 0.6 is 11.3 Å². The number of aryl methyl sites for hydroxylation is 3. The van der Waals surface area contributed by atoms with Gasteiger partial charge in [-0.1, -0.05) is 17.4 Å². The lowest BCUT2D eigenvalue weighted by Crippen LogP contribution is -2.02. The second kappa shape index (κ2) is 8.54. The average molecular weight is 419 g/mol. The number of Topliss-reactive ketones (excluding diaryl/α,β-unsaturated/α-hetero) is 1. The van der Waals surface area contributed by atoms with Crippen molar-refractivity contribution in [2.75, 3.05) is 0 Å². The molecule has 4 aromatic heterocycles. The Balaban J connectivity index is 1.44. The quantitative estimate of drug-likeness (QED) is 0.424. The van der Waals surface area contributed by atoms with E-state index in [1.807, 2.05) is 26.0 Å². The Morgan fingerprint density at radius 3 is 2.67 bits per heavy atom. The second-order valence-corrected chi connectivity index (χ2v) is 7.90. The van der Waals surface area contributed by atoms with Crippen molar-refractivity contribution in [3.8, 4) is 21.8 Å². The van der Waals surface area contributed by atoms with Gasteiger partial charge in [-0.15, -0.1) is 10.2 Å². The molecular weight excluding hydrogens is 401 g/mol. The van der Waals surface area contributed by atoms with Gasteiger partial charge >= 0.3 is 0 Å². The van der Waals surface area contributed by atoms with Crippen LogP contribution in [-0.2, 0) is 6.42 Å². The number of pyridine rings is 3. The van der Waals surface area contributed by atoms with Gasteiger partial charge in [-0.3, -0.25) is 19.7 Å². The average Bonchev–Trinajstić information content (AvgIpc) is 3.22. The van der Waals surface area contributed by atoms with E-state index in [9.17, 15) is 9.18 Å². The highest BCUT2D eigenvalue weighted by molar-refractivity contribution is 7.16. The van der Waals surface area contributed by atoms with E-state index < -0.39 is 5.82 Å². The van der Waals surface area contributed by atoms with Gasteiger partial charge in [0.2, 0.25) is 0 Å². The fourth-order valence-electron chi connectivity index (χ4n) is 3.11. The molecule has 0 amide bonds. The highest BCUT2D eigenvalue weighted by Crippen LogP contribution is 2.25. The fraction of sp³-hybridized carbons (Fsp3) is 0.182. The molecule has 30 heavy (non-hydrogen) atoms. The molecule has 0 spiro atoms. The van der Waals surface area contributed by atoms with Gasteiger partial charge in [0.15, 0.2) is 10.8 Å². The van der Waals surface area contributed by atoms with Crippen LogP contribution in [0.15, 0.2) is 49.1 Å². The van der Waals surface area contributed by atoms with Crippen molar-refractivity contribution in [2.24, 2.45) is 0 Å². The number of hydrogen-bond donors (Lipinski definition) is 0. The summed E-state index contributed by atoms with van der Waals surface area (Å²) in [5, 5.41) is 8.74. The van der Waals surface area contributed by atoms with Crippen LogP contribution < -0.4 is 0 Å². The van der Waals surface area contributed by atoms with E-state index in [2.05, 4.69) is 31.2 Å². The summed E-state index contributed by atoms with van der Waals surface area (Å²) < 4.78 is 13.3. The third-order valence-corrected chi connectivity index (χ3v) is 5.57. The van der Waals surface area contributed by atoms with Gasteiger partial charge in [0, 0.05) is 41.8 Å². The largest absolute Gasteiger partial charge is 0.291 e. The second-order valence-electron chi connectivity index (χ2n) is 6.92.